The summed E-state index contributed by atoms with van der Waals surface area (Å²) in [6.07, 6.45) is 13.4. The molecular weight excluding hydrogens is 220 g/mol. The number of halogens is 1. The Morgan fingerprint density at radius 3 is 2.44 bits per heavy atom. The summed E-state index contributed by atoms with van der Waals surface area (Å²) < 4.78 is 2.14. The van der Waals surface area contributed by atoms with Gasteiger partial charge in [0.15, 0.2) is 0 Å². The smallest absolute Gasteiger partial charge is 0.0949 e. The largest absolute Gasteiger partial charge is 0.337 e. The van der Waals surface area contributed by atoms with E-state index in [1.807, 2.05) is 12.5 Å². The van der Waals surface area contributed by atoms with Gasteiger partial charge in [0, 0.05) is 12.7 Å². The maximum absolute atomic E-state index is 5.70. The molecule has 92 valence electrons. The average molecular weight is 243 g/mol. The van der Waals surface area contributed by atoms with E-state index in [9.17, 15) is 0 Å². The van der Waals surface area contributed by atoms with Gasteiger partial charge in [-0.2, -0.15) is 0 Å². The molecule has 1 aromatic heterocycles. The number of rotatable bonds is 9. The van der Waals surface area contributed by atoms with Crippen molar-refractivity contribution in [1.29, 1.82) is 0 Å². The van der Waals surface area contributed by atoms with Crippen LogP contribution in [0.2, 0.25) is 0 Å². The van der Waals surface area contributed by atoms with E-state index in [1.54, 1.807) is 0 Å². The predicted molar refractivity (Wildman–Crippen MR) is 69.8 cm³/mol. The first-order chi connectivity index (χ1) is 7.86. The molecule has 0 aliphatic heterocycles. The van der Waals surface area contributed by atoms with Gasteiger partial charge in [0.2, 0.25) is 0 Å². The molecule has 1 heterocycles. The molecule has 1 rings (SSSR count). The van der Waals surface area contributed by atoms with E-state index < -0.39 is 0 Å². The van der Waals surface area contributed by atoms with Crippen LogP contribution in [0.1, 0.15) is 57.6 Å². The second kappa shape index (κ2) is 8.63. The number of alkyl halides is 1. The van der Waals surface area contributed by atoms with E-state index in [0.717, 1.165) is 12.2 Å². The molecule has 2 nitrogen and oxygen atoms in total. The third-order valence-electron chi connectivity index (χ3n) is 2.84. The molecule has 0 aromatic carbocycles. The summed E-state index contributed by atoms with van der Waals surface area (Å²) in [6, 6.07) is 0. The second-order valence-electron chi connectivity index (χ2n) is 4.36. The van der Waals surface area contributed by atoms with E-state index in [2.05, 4.69) is 16.5 Å². The van der Waals surface area contributed by atoms with Gasteiger partial charge in [0.05, 0.1) is 17.9 Å². The van der Waals surface area contributed by atoms with Crippen molar-refractivity contribution in [3.05, 3.63) is 18.2 Å². The third-order valence-corrected chi connectivity index (χ3v) is 3.12. The van der Waals surface area contributed by atoms with Crippen molar-refractivity contribution >= 4 is 11.6 Å². The summed E-state index contributed by atoms with van der Waals surface area (Å²) in [5.41, 5.74) is 0.976. The molecular formula is C13H23ClN2. The Balaban J connectivity index is 1.98. The number of aromatic nitrogens is 2. The summed E-state index contributed by atoms with van der Waals surface area (Å²) in [5, 5.41) is 0. The van der Waals surface area contributed by atoms with Gasteiger partial charge in [-0.15, -0.1) is 11.6 Å². The second-order valence-corrected chi connectivity index (χ2v) is 4.63. The van der Waals surface area contributed by atoms with E-state index in [1.165, 1.54) is 44.9 Å². The molecule has 16 heavy (non-hydrogen) atoms. The fourth-order valence-electron chi connectivity index (χ4n) is 1.85. The van der Waals surface area contributed by atoms with Gasteiger partial charge in [-0.1, -0.05) is 45.4 Å². The van der Waals surface area contributed by atoms with Crippen LogP contribution in [0.15, 0.2) is 12.5 Å². The zero-order valence-electron chi connectivity index (χ0n) is 10.3. The highest BCUT2D eigenvalue weighted by Crippen LogP contribution is 2.08. The molecule has 0 saturated heterocycles. The Bertz CT molecular complexity index is 271. The lowest BCUT2D eigenvalue weighted by Crippen LogP contribution is -1.94. The van der Waals surface area contributed by atoms with Crippen molar-refractivity contribution in [2.45, 2.75) is 64.3 Å². The quantitative estimate of drug-likeness (QED) is 0.464. The minimum Gasteiger partial charge on any atom is -0.337 e. The minimum absolute atomic E-state index is 0.518. The van der Waals surface area contributed by atoms with Gasteiger partial charge in [-0.25, -0.2) is 4.98 Å². The average Bonchev–Trinajstić information content (AvgIpc) is 2.76. The van der Waals surface area contributed by atoms with Gasteiger partial charge in [-0.05, 0) is 6.42 Å². The van der Waals surface area contributed by atoms with Gasteiger partial charge in [-0.3, -0.25) is 0 Å². The molecule has 0 bridgehead atoms. The Morgan fingerprint density at radius 2 is 1.81 bits per heavy atom. The van der Waals surface area contributed by atoms with E-state index in [-0.39, 0.29) is 0 Å². The lowest BCUT2D eigenvalue weighted by Gasteiger charge is -2.02. The summed E-state index contributed by atoms with van der Waals surface area (Å²) in [4.78, 5) is 4.21. The fraction of sp³-hybridized carbons (Fsp3) is 0.769. The first kappa shape index (κ1) is 13.6. The van der Waals surface area contributed by atoms with Gasteiger partial charge in [0.25, 0.3) is 0 Å². The standard InChI is InChI=1S/C13H23ClN2/c1-2-3-4-5-6-7-8-9-16-11-13(10-14)15-12-16/h11-12H,2-10H2,1H3. The van der Waals surface area contributed by atoms with Crippen LogP contribution in [-0.2, 0) is 12.4 Å². The van der Waals surface area contributed by atoms with Crippen molar-refractivity contribution in [3.63, 3.8) is 0 Å². The zero-order chi connectivity index (χ0) is 11.6. The summed E-state index contributed by atoms with van der Waals surface area (Å²) in [6.45, 7) is 3.34. The van der Waals surface area contributed by atoms with Crippen molar-refractivity contribution < 1.29 is 0 Å². The Kier molecular flexibility index (Phi) is 7.32. The number of unbranched alkanes of at least 4 members (excludes halogenated alkanes) is 6. The lowest BCUT2D eigenvalue weighted by atomic mass is 10.1. The van der Waals surface area contributed by atoms with E-state index in [0.29, 0.717) is 5.88 Å². The van der Waals surface area contributed by atoms with E-state index in [4.69, 9.17) is 11.6 Å². The number of hydrogen-bond donors (Lipinski definition) is 0. The van der Waals surface area contributed by atoms with E-state index >= 15 is 0 Å². The fourth-order valence-corrected chi connectivity index (χ4v) is 1.99. The van der Waals surface area contributed by atoms with Gasteiger partial charge in [0.1, 0.15) is 0 Å². The van der Waals surface area contributed by atoms with Crippen LogP contribution in [0.3, 0.4) is 0 Å². The molecule has 3 heteroatoms. The van der Waals surface area contributed by atoms with Crippen LogP contribution < -0.4 is 0 Å². The highest BCUT2D eigenvalue weighted by molar-refractivity contribution is 6.16. The van der Waals surface area contributed by atoms with Crippen LogP contribution in [-0.4, -0.2) is 9.55 Å². The van der Waals surface area contributed by atoms with Crippen LogP contribution >= 0.6 is 11.6 Å². The van der Waals surface area contributed by atoms with Crippen LogP contribution in [0.4, 0.5) is 0 Å². The molecule has 0 N–H and O–H groups in total. The van der Waals surface area contributed by atoms with Crippen molar-refractivity contribution in [2.75, 3.05) is 0 Å². The normalized spacial score (nSPS) is 10.9. The predicted octanol–water partition coefficient (Wildman–Crippen LogP) is 4.37. The molecule has 0 aliphatic rings. The maximum atomic E-state index is 5.70. The number of nitrogens with zero attached hydrogens (tertiary/aromatic N) is 2. The summed E-state index contributed by atoms with van der Waals surface area (Å²) in [7, 11) is 0. The van der Waals surface area contributed by atoms with Gasteiger partial charge >= 0.3 is 0 Å². The highest BCUT2D eigenvalue weighted by Gasteiger charge is 1.96. The monoisotopic (exact) mass is 242 g/mol. The Labute approximate surface area is 104 Å². The molecule has 1 aromatic rings. The maximum Gasteiger partial charge on any atom is 0.0949 e. The minimum atomic E-state index is 0.518. The molecule has 0 spiro atoms. The first-order valence-corrected chi connectivity index (χ1v) is 6.97. The molecule has 0 atom stereocenters. The number of hydrogen-bond acceptors (Lipinski definition) is 1. The van der Waals surface area contributed by atoms with Crippen LogP contribution in [0, 0.1) is 0 Å². The van der Waals surface area contributed by atoms with Crippen molar-refractivity contribution in [3.8, 4) is 0 Å². The van der Waals surface area contributed by atoms with Crippen molar-refractivity contribution in [1.82, 2.24) is 9.55 Å². The third kappa shape index (κ3) is 5.55. The molecule has 0 aliphatic carbocycles. The van der Waals surface area contributed by atoms with Crippen LogP contribution in [0.5, 0.6) is 0 Å². The van der Waals surface area contributed by atoms with Crippen LogP contribution in [0.25, 0.3) is 0 Å². The first-order valence-electron chi connectivity index (χ1n) is 6.43. The van der Waals surface area contributed by atoms with Crippen molar-refractivity contribution in [2.24, 2.45) is 0 Å². The molecule has 0 amide bonds. The Hall–Kier alpha value is -0.500. The molecule has 0 radical (unpaired) electrons. The number of imidazole rings is 1. The topological polar surface area (TPSA) is 17.8 Å². The summed E-state index contributed by atoms with van der Waals surface area (Å²) in [5.74, 6) is 0.518. The SMILES string of the molecule is CCCCCCCCCn1cnc(CCl)c1. The zero-order valence-corrected chi connectivity index (χ0v) is 11.0. The lowest BCUT2D eigenvalue weighted by molar-refractivity contribution is 0.550. The molecule has 0 fully saturated rings. The highest BCUT2D eigenvalue weighted by atomic mass is 35.5. The van der Waals surface area contributed by atoms with Gasteiger partial charge < -0.3 is 4.57 Å². The summed E-state index contributed by atoms with van der Waals surface area (Å²) >= 11 is 5.70. The molecule has 0 unspecified atom stereocenters. The molecule has 0 saturated carbocycles. The Morgan fingerprint density at radius 1 is 1.12 bits per heavy atom. The number of aryl methyl sites for hydroxylation is 1.